The predicted octanol–water partition coefficient (Wildman–Crippen LogP) is 3.59. The first kappa shape index (κ1) is 9.06. The van der Waals surface area contributed by atoms with Crippen molar-refractivity contribution < 1.29 is 13.2 Å². The molecule has 1 fully saturated rings. The van der Waals surface area contributed by atoms with Crippen molar-refractivity contribution in [1.29, 1.82) is 0 Å². The minimum absolute atomic E-state index is 0.243. The molecule has 72 valence electrons. The molecule has 13 heavy (non-hydrogen) atoms. The van der Waals surface area contributed by atoms with Crippen LogP contribution >= 0.6 is 11.3 Å². The van der Waals surface area contributed by atoms with Gasteiger partial charge in [-0.25, -0.2) is 0 Å². The van der Waals surface area contributed by atoms with Gasteiger partial charge in [0.2, 0.25) is 0 Å². The van der Waals surface area contributed by atoms with E-state index < -0.39 is 17.5 Å². The summed E-state index contributed by atoms with van der Waals surface area (Å²) in [6, 6.07) is 1.79. The van der Waals surface area contributed by atoms with Gasteiger partial charge in [0, 0.05) is 5.41 Å². The number of halogens is 3. The fraction of sp³-hybridized carbons (Fsp3) is 0.556. The molecule has 0 nitrogen and oxygen atoms in total. The number of hydrogen-bond donors (Lipinski definition) is 0. The Balaban J connectivity index is 2.21. The van der Waals surface area contributed by atoms with Gasteiger partial charge < -0.3 is 0 Å². The number of thiophene rings is 1. The van der Waals surface area contributed by atoms with Crippen LogP contribution in [0.2, 0.25) is 0 Å². The lowest BCUT2D eigenvalue weighted by atomic mass is 9.99. The second kappa shape index (κ2) is 2.50. The summed E-state index contributed by atoms with van der Waals surface area (Å²) in [5.41, 5.74) is 0.193. The van der Waals surface area contributed by atoms with Gasteiger partial charge in [-0.3, -0.25) is 0 Å². The third kappa shape index (κ3) is 1.37. The average molecular weight is 206 g/mol. The molecule has 0 aliphatic heterocycles. The largest absolute Gasteiger partial charge is 0.392 e. The molecule has 0 saturated heterocycles. The Morgan fingerprint density at radius 1 is 1.54 bits per heavy atom. The van der Waals surface area contributed by atoms with E-state index in [0.717, 1.165) is 5.56 Å². The van der Waals surface area contributed by atoms with Crippen LogP contribution in [0.15, 0.2) is 16.8 Å². The lowest BCUT2D eigenvalue weighted by molar-refractivity contribution is -0.152. The number of alkyl halides is 3. The van der Waals surface area contributed by atoms with Gasteiger partial charge in [-0.2, -0.15) is 24.5 Å². The summed E-state index contributed by atoms with van der Waals surface area (Å²) >= 11 is 1.45. The maximum Gasteiger partial charge on any atom is 0.392 e. The van der Waals surface area contributed by atoms with Crippen LogP contribution in [0.3, 0.4) is 0 Å². The van der Waals surface area contributed by atoms with Crippen molar-refractivity contribution >= 4 is 11.3 Å². The molecule has 4 heteroatoms. The lowest BCUT2D eigenvalue weighted by Crippen LogP contribution is -2.17. The standard InChI is InChI=1S/C9H9F3S/c1-8(6-2-3-13-5-6)4-7(8)9(10,11)12/h2-3,5,7H,4H2,1H3/t7-,8+/m0/s1. The molecule has 0 unspecified atom stereocenters. The van der Waals surface area contributed by atoms with Crippen molar-refractivity contribution in [3.8, 4) is 0 Å². The highest BCUT2D eigenvalue weighted by atomic mass is 32.1. The molecule has 1 heterocycles. The maximum atomic E-state index is 12.3. The average Bonchev–Trinajstić information content (AvgIpc) is 2.48. The van der Waals surface area contributed by atoms with E-state index in [1.54, 1.807) is 13.0 Å². The Morgan fingerprint density at radius 3 is 2.62 bits per heavy atom. The first-order valence-electron chi connectivity index (χ1n) is 4.04. The van der Waals surface area contributed by atoms with Crippen LogP contribution in [0, 0.1) is 5.92 Å². The second-order valence-corrected chi connectivity index (χ2v) is 4.51. The molecule has 1 aliphatic rings. The van der Waals surface area contributed by atoms with Crippen LogP contribution in [0.1, 0.15) is 18.9 Å². The highest BCUT2D eigenvalue weighted by Crippen LogP contribution is 2.61. The fourth-order valence-corrected chi connectivity index (χ4v) is 2.55. The van der Waals surface area contributed by atoms with Crippen molar-refractivity contribution in [2.24, 2.45) is 5.92 Å². The van der Waals surface area contributed by atoms with E-state index in [-0.39, 0.29) is 6.42 Å². The third-order valence-corrected chi connectivity index (χ3v) is 3.50. The van der Waals surface area contributed by atoms with E-state index in [2.05, 4.69) is 0 Å². The van der Waals surface area contributed by atoms with Crippen molar-refractivity contribution in [3.63, 3.8) is 0 Å². The highest BCUT2D eigenvalue weighted by Gasteiger charge is 2.64. The molecule has 0 N–H and O–H groups in total. The summed E-state index contributed by atoms with van der Waals surface area (Å²) in [6.07, 6.45) is -3.79. The van der Waals surface area contributed by atoms with Crippen molar-refractivity contribution in [2.75, 3.05) is 0 Å². The molecule has 0 aromatic carbocycles. The van der Waals surface area contributed by atoms with E-state index >= 15 is 0 Å². The molecule has 1 aromatic rings. The van der Waals surface area contributed by atoms with Crippen molar-refractivity contribution in [1.82, 2.24) is 0 Å². The Kier molecular flexibility index (Phi) is 1.74. The zero-order valence-electron chi connectivity index (χ0n) is 7.06. The zero-order valence-corrected chi connectivity index (χ0v) is 7.88. The predicted molar refractivity (Wildman–Crippen MR) is 45.8 cm³/mol. The van der Waals surface area contributed by atoms with Gasteiger partial charge in [-0.1, -0.05) is 6.92 Å². The Morgan fingerprint density at radius 2 is 2.23 bits per heavy atom. The van der Waals surface area contributed by atoms with Gasteiger partial charge in [-0.05, 0) is 28.8 Å². The molecule has 0 bridgehead atoms. The highest BCUT2D eigenvalue weighted by molar-refractivity contribution is 7.08. The van der Waals surface area contributed by atoms with Crippen molar-refractivity contribution in [3.05, 3.63) is 22.4 Å². The molecule has 0 spiro atoms. The summed E-state index contributed by atoms with van der Waals surface area (Å²) in [7, 11) is 0. The van der Waals surface area contributed by atoms with Gasteiger partial charge in [-0.15, -0.1) is 0 Å². The Hall–Kier alpha value is -0.510. The molecular formula is C9H9F3S. The first-order chi connectivity index (χ1) is 5.94. The number of hydrogen-bond acceptors (Lipinski definition) is 1. The first-order valence-corrected chi connectivity index (χ1v) is 4.98. The SMILES string of the molecule is C[C@]1(c2ccsc2)C[C@@H]1C(F)(F)F. The van der Waals surface area contributed by atoms with Gasteiger partial charge >= 0.3 is 6.18 Å². The van der Waals surface area contributed by atoms with Crippen LogP contribution < -0.4 is 0 Å². The topological polar surface area (TPSA) is 0 Å². The lowest BCUT2D eigenvalue weighted by Gasteiger charge is -2.11. The summed E-state index contributed by atoms with van der Waals surface area (Å²) in [6.45, 7) is 1.69. The van der Waals surface area contributed by atoms with Crippen LogP contribution in [0.4, 0.5) is 13.2 Å². The molecule has 2 rings (SSSR count). The van der Waals surface area contributed by atoms with Crippen LogP contribution in [-0.2, 0) is 5.41 Å². The minimum atomic E-state index is -4.03. The second-order valence-electron chi connectivity index (χ2n) is 3.73. The minimum Gasteiger partial charge on any atom is -0.171 e. The van der Waals surface area contributed by atoms with Gasteiger partial charge in [0.1, 0.15) is 0 Å². The smallest absolute Gasteiger partial charge is 0.171 e. The van der Waals surface area contributed by atoms with E-state index in [1.807, 2.05) is 10.8 Å². The van der Waals surface area contributed by atoms with Crippen LogP contribution in [0.25, 0.3) is 0 Å². The summed E-state index contributed by atoms with van der Waals surface area (Å²) < 4.78 is 37.0. The van der Waals surface area contributed by atoms with E-state index in [4.69, 9.17) is 0 Å². The van der Waals surface area contributed by atoms with Gasteiger partial charge in [0.15, 0.2) is 0 Å². The normalized spacial score (nSPS) is 33.4. The Bertz CT molecular complexity index is 301. The molecule has 1 aromatic heterocycles. The molecule has 0 radical (unpaired) electrons. The molecule has 1 aliphatic carbocycles. The molecule has 2 atom stereocenters. The van der Waals surface area contributed by atoms with E-state index in [9.17, 15) is 13.2 Å². The van der Waals surface area contributed by atoms with E-state index in [0.29, 0.717) is 0 Å². The summed E-state index contributed by atoms with van der Waals surface area (Å²) in [4.78, 5) is 0. The fourth-order valence-electron chi connectivity index (χ4n) is 1.75. The third-order valence-electron chi connectivity index (χ3n) is 2.81. The quantitative estimate of drug-likeness (QED) is 0.658. The van der Waals surface area contributed by atoms with Gasteiger partial charge in [0.25, 0.3) is 0 Å². The Labute approximate surface area is 78.4 Å². The molecule has 1 saturated carbocycles. The van der Waals surface area contributed by atoms with E-state index in [1.165, 1.54) is 11.3 Å². The molecule has 0 amide bonds. The maximum absolute atomic E-state index is 12.3. The van der Waals surface area contributed by atoms with Crippen molar-refractivity contribution in [2.45, 2.75) is 24.9 Å². The summed E-state index contributed by atoms with van der Waals surface area (Å²) in [5, 5.41) is 3.64. The number of rotatable bonds is 1. The molecular weight excluding hydrogens is 197 g/mol. The monoisotopic (exact) mass is 206 g/mol. The summed E-state index contributed by atoms with van der Waals surface area (Å²) in [5.74, 6) is -1.13. The van der Waals surface area contributed by atoms with Crippen LogP contribution in [0.5, 0.6) is 0 Å². The van der Waals surface area contributed by atoms with Gasteiger partial charge in [0.05, 0.1) is 5.92 Å². The van der Waals surface area contributed by atoms with Crippen LogP contribution in [-0.4, -0.2) is 6.18 Å². The zero-order chi connectivity index (χ0) is 9.69.